The van der Waals surface area contributed by atoms with E-state index in [1.165, 1.54) is 11.1 Å². The van der Waals surface area contributed by atoms with Crippen molar-refractivity contribution >= 4 is 37.6 Å². The lowest BCUT2D eigenvalue weighted by molar-refractivity contribution is 0.0977. The molecule has 0 radical (unpaired) electrons. The van der Waals surface area contributed by atoms with E-state index < -0.39 is 0 Å². The lowest BCUT2D eigenvalue weighted by atomic mass is 9.84. The van der Waals surface area contributed by atoms with Gasteiger partial charge < -0.3 is 9.47 Å². The van der Waals surface area contributed by atoms with Crippen LogP contribution in [0, 0.1) is 6.92 Å². The van der Waals surface area contributed by atoms with Crippen LogP contribution in [0.5, 0.6) is 11.5 Å². The van der Waals surface area contributed by atoms with Gasteiger partial charge in [-0.1, -0.05) is 68.3 Å². The van der Waals surface area contributed by atoms with Gasteiger partial charge in [0.05, 0.1) is 14.2 Å². The van der Waals surface area contributed by atoms with Crippen molar-refractivity contribution in [2.24, 2.45) is 0 Å². The predicted octanol–water partition coefficient (Wildman–Crippen LogP) is 8.63. The molecule has 0 heterocycles. The Labute approximate surface area is 224 Å². The molecule has 0 saturated heterocycles. The summed E-state index contributed by atoms with van der Waals surface area (Å²) in [6, 6.07) is 31.5. The number of hydrogen-bond donors (Lipinski definition) is 0. The molecule has 4 rings (SSSR count). The zero-order valence-electron chi connectivity index (χ0n) is 20.0. The largest absolute Gasteiger partial charge is 0.497 e. The summed E-state index contributed by atoms with van der Waals surface area (Å²) in [5.41, 5.74) is 4.24. The second-order valence-electron chi connectivity index (χ2n) is 7.97. The van der Waals surface area contributed by atoms with Gasteiger partial charge in [-0.15, -0.1) is 0 Å². The molecule has 0 aliphatic carbocycles. The van der Waals surface area contributed by atoms with Crippen LogP contribution in [0.2, 0.25) is 0 Å². The Morgan fingerprint density at radius 2 is 1.20 bits per heavy atom. The van der Waals surface area contributed by atoms with Crippen LogP contribution in [-0.4, -0.2) is 20.0 Å². The van der Waals surface area contributed by atoms with Crippen molar-refractivity contribution in [1.29, 1.82) is 0 Å². The van der Waals surface area contributed by atoms with Crippen LogP contribution >= 0.6 is 31.9 Å². The number of Topliss-reactive ketones (excluding diaryl/α,β-unsaturated/α-hetero) is 1. The summed E-state index contributed by atoms with van der Waals surface area (Å²) in [5.74, 6) is 1.80. The topological polar surface area (TPSA) is 35.5 Å². The lowest BCUT2D eigenvalue weighted by Gasteiger charge is -2.20. The Morgan fingerprint density at radius 3 is 1.71 bits per heavy atom. The fourth-order valence-electron chi connectivity index (χ4n) is 3.73. The van der Waals surface area contributed by atoms with Gasteiger partial charge in [0.1, 0.15) is 11.5 Å². The molecule has 0 bridgehead atoms. The number of halogens is 2. The number of rotatable bonds is 7. The molecule has 1 unspecified atom stereocenters. The van der Waals surface area contributed by atoms with Crippen LogP contribution in [0.25, 0.3) is 0 Å². The summed E-state index contributed by atoms with van der Waals surface area (Å²) in [5, 5.41) is 0. The van der Waals surface area contributed by atoms with Crippen LogP contribution in [0.3, 0.4) is 0 Å². The van der Waals surface area contributed by atoms with Crippen LogP contribution in [-0.2, 0) is 0 Å². The molecule has 3 nitrogen and oxygen atoms in total. The fourth-order valence-corrected chi connectivity index (χ4v) is 4.26. The Bertz CT molecular complexity index is 1220. The highest BCUT2D eigenvalue weighted by Crippen LogP contribution is 2.32. The van der Waals surface area contributed by atoms with Crippen molar-refractivity contribution < 1.29 is 14.3 Å². The second kappa shape index (κ2) is 13.3. The van der Waals surface area contributed by atoms with Gasteiger partial charge in [-0.2, -0.15) is 0 Å². The van der Waals surface area contributed by atoms with Crippen molar-refractivity contribution in [2.75, 3.05) is 14.2 Å². The summed E-state index contributed by atoms with van der Waals surface area (Å²) in [4.78, 5) is 12.9. The molecule has 0 amide bonds. The molecule has 0 spiro atoms. The Balaban J connectivity index is 0.000000320. The highest BCUT2D eigenvalue weighted by molar-refractivity contribution is 9.10. The standard InChI is InChI=1S/C23H21BrO2.C7H7BrO/c1-16-5-3-4-6-21(16)22(17-7-11-19(24)12-8-17)15-23(25)18-9-13-20(26-2)14-10-18;1-9-7-4-2-6(8)3-5-7/h3-14,22H,15H2,1-2H3;2-5H,1H3. The molecule has 180 valence electrons. The average molecular weight is 596 g/mol. The van der Waals surface area contributed by atoms with Gasteiger partial charge in [0.25, 0.3) is 0 Å². The van der Waals surface area contributed by atoms with E-state index in [1.54, 1.807) is 14.2 Å². The van der Waals surface area contributed by atoms with Crippen LogP contribution in [0.1, 0.15) is 39.4 Å². The summed E-state index contributed by atoms with van der Waals surface area (Å²) in [7, 11) is 3.28. The molecule has 0 fully saturated rings. The number of methoxy groups -OCH3 is 2. The zero-order valence-corrected chi connectivity index (χ0v) is 23.2. The van der Waals surface area contributed by atoms with Crippen LogP contribution in [0.4, 0.5) is 0 Å². The molecule has 0 aliphatic heterocycles. The molecule has 4 aromatic rings. The number of carbonyl (C=O) groups is 1. The first-order valence-electron chi connectivity index (χ1n) is 11.2. The quantitative estimate of drug-likeness (QED) is 0.201. The van der Waals surface area contributed by atoms with Gasteiger partial charge in [-0.25, -0.2) is 0 Å². The average Bonchev–Trinajstić information content (AvgIpc) is 2.89. The normalized spacial score (nSPS) is 11.1. The molecule has 4 aromatic carbocycles. The van der Waals surface area contributed by atoms with E-state index in [2.05, 4.69) is 63.0 Å². The minimum Gasteiger partial charge on any atom is -0.497 e. The monoisotopic (exact) mass is 594 g/mol. The van der Waals surface area contributed by atoms with Crippen molar-refractivity contribution in [1.82, 2.24) is 0 Å². The molecular formula is C30H28Br2O3. The first-order valence-corrected chi connectivity index (χ1v) is 12.8. The van der Waals surface area contributed by atoms with Crippen molar-refractivity contribution in [2.45, 2.75) is 19.3 Å². The molecule has 0 saturated carbocycles. The molecular weight excluding hydrogens is 568 g/mol. The summed E-state index contributed by atoms with van der Waals surface area (Å²) >= 11 is 6.81. The molecule has 35 heavy (non-hydrogen) atoms. The summed E-state index contributed by atoms with van der Waals surface area (Å²) < 4.78 is 12.2. The van der Waals surface area contributed by atoms with Crippen molar-refractivity contribution in [3.05, 3.63) is 128 Å². The van der Waals surface area contributed by atoms with Crippen molar-refractivity contribution in [3.8, 4) is 11.5 Å². The first kappa shape index (κ1) is 26.7. The number of hydrogen-bond acceptors (Lipinski definition) is 3. The third kappa shape index (κ3) is 7.81. The van der Waals surface area contributed by atoms with Crippen molar-refractivity contribution in [3.63, 3.8) is 0 Å². The molecule has 0 aromatic heterocycles. The predicted molar refractivity (Wildman–Crippen MR) is 150 cm³/mol. The minimum atomic E-state index is 0.0268. The van der Waals surface area contributed by atoms with E-state index in [-0.39, 0.29) is 11.7 Å². The SMILES string of the molecule is COc1ccc(Br)cc1.COc1ccc(C(=O)CC(c2ccc(Br)cc2)c2ccccc2C)cc1. The lowest BCUT2D eigenvalue weighted by Crippen LogP contribution is -2.10. The van der Waals surface area contributed by atoms with E-state index >= 15 is 0 Å². The van der Waals surface area contributed by atoms with Gasteiger partial charge in [0, 0.05) is 26.8 Å². The fraction of sp³-hybridized carbons (Fsp3) is 0.167. The van der Waals surface area contributed by atoms with Gasteiger partial charge in [0.15, 0.2) is 5.78 Å². The van der Waals surface area contributed by atoms with Gasteiger partial charge in [0.2, 0.25) is 0 Å². The first-order chi connectivity index (χ1) is 16.9. The molecule has 1 atom stereocenters. The third-order valence-corrected chi connectivity index (χ3v) is 6.74. The zero-order chi connectivity index (χ0) is 25.2. The van der Waals surface area contributed by atoms with Gasteiger partial charge in [-0.3, -0.25) is 4.79 Å². The van der Waals surface area contributed by atoms with Gasteiger partial charge >= 0.3 is 0 Å². The van der Waals surface area contributed by atoms with E-state index in [0.29, 0.717) is 12.0 Å². The highest BCUT2D eigenvalue weighted by Gasteiger charge is 2.20. The Morgan fingerprint density at radius 1 is 0.714 bits per heavy atom. The third-order valence-electron chi connectivity index (χ3n) is 5.69. The number of benzene rings is 4. The molecule has 0 N–H and O–H groups in total. The Kier molecular flexibility index (Phi) is 10.1. The van der Waals surface area contributed by atoms with Crippen LogP contribution < -0.4 is 9.47 Å². The van der Waals surface area contributed by atoms with E-state index in [9.17, 15) is 4.79 Å². The number of carbonyl (C=O) groups excluding carboxylic acids is 1. The summed E-state index contributed by atoms with van der Waals surface area (Å²) in [6.07, 6.45) is 0.429. The Hall–Kier alpha value is -2.89. The van der Waals surface area contributed by atoms with Crippen LogP contribution in [0.15, 0.2) is 106 Å². The smallest absolute Gasteiger partial charge is 0.163 e. The maximum Gasteiger partial charge on any atom is 0.163 e. The number of aryl methyl sites for hydroxylation is 1. The maximum absolute atomic E-state index is 12.9. The highest BCUT2D eigenvalue weighted by atomic mass is 79.9. The maximum atomic E-state index is 12.9. The second-order valence-corrected chi connectivity index (χ2v) is 9.81. The van der Waals surface area contributed by atoms with Gasteiger partial charge in [-0.05, 0) is 84.3 Å². The van der Waals surface area contributed by atoms with E-state index in [0.717, 1.165) is 26.0 Å². The molecule has 5 heteroatoms. The van der Waals surface area contributed by atoms with E-state index in [1.807, 2.05) is 72.8 Å². The minimum absolute atomic E-state index is 0.0268. The summed E-state index contributed by atoms with van der Waals surface area (Å²) in [6.45, 7) is 2.10. The number of ketones is 1. The number of ether oxygens (including phenoxy) is 2. The molecule has 0 aliphatic rings. The van der Waals surface area contributed by atoms with E-state index in [4.69, 9.17) is 9.47 Å².